The average Bonchev–Trinajstić information content (AvgIpc) is 2.70. The fraction of sp³-hybridized carbons (Fsp3) is 0.458. The van der Waals surface area contributed by atoms with E-state index in [9.17, 15) is 13.2 Å². The average molecular weight is 460 g/mol. The van der Waals surface area contributed by atoms with Gasteiger partial charge in [0.05, 0.1) is 23.6 Å². The van der Waals surface area contributed by atoms with Crippen LogP contribution in [0.1, 0.15) is 48.7 Å². The summed E-state index contributed by atoms with van der Waals surface area (Å²) in [7, 11) is -3.40. The molecular formula is C24H33N3O4S. The van der Waals surface area contributed by atoms with E-state index in [0.717, 1.165) is 25.2 Å². The van der Waals surface area contributed by atoms with Crippen molar-refractivity contribution in [2.75, 3.05) is 28.9 Å². The molecule has 1 fully saturated rings. The third kappa shape index (κ3) is 6.54. The maximum atomic E-state index is 12.8. The molecule has 3 rings (SSSR count). The first-order valence-corrected chi connectivity index (χ1v) is 12.7. The summed E-state index contributed by atoms with van der Waals surface area (Å²) in [6.07, 6.45) is 0.966. The zero-order valence-electron chi connectivity index (χ0n) is 19.2. The number of nitrogens with zero attached hydrogens (tertiary/aromatic N) is 1. The van der Waals surface area contributed by atoms with Crippen LogP contribution in [0.2, 0.25) is 0 Å². The van der Waals surface area contributed by atoms with Gasteiger partial charge in [-0.25, -0.2) is 8.42 Å². The minimum atomic E-state index is -3.40. The minimum absolute atomic E-state index is 0.0532. The standard InChI is InChI=1S/C24H33N3O4S/c1-5-13-32(29,30)26-23-8-6-7-22(19(23)4)25-24(28)21-11-9-20(10-12-21)16-27-14-17(2)31-18(3)15-27/h6-12,17-18,26H,5,13-16H2,1-4H3,(H,25,28). The number of rotatable bonds is 8. The highest BCUT2D eigenvalue weighted by molar-refractivity contribution is 7.92. The van der Waals surface area contributed by atoms with Crippen LogP contribution in [0.5, 0.6) is 0 Å². The van der Waals surface area contributed by atoms with Crippen molar-refractivity contribution in [3.63, 3.8) is 0 Å². The summed E-state index contributed by atoms with van der Waals surface area (Å²) in [6.45, 7) is 10.4. The molecule has 0 bridgehead atoms. The first-order valence-electron chi connectivity index (χ1n) is 11.0. The third-order valence-electron chi connectivity index (χ3n) is 5.44. The number of benzene rings is 2. The Hall–Kier alpha value is -2.42. The van der Waals surface area contributed by atoms with Gasteiger partial charge in [-0.2, -0.15) is 0 Å². The van der Waals surface area contributed by atoms with Crippen molar-refractivity contribution in [3.05, 3.63) is 59.2 Å². The van der Waals surface area contributed by atoms with E-state index in [2.05, 4.69) is 28.8 Å². The summed E-state index contributed by atoms with van der Waals surface area (Å²) in [5.41, 5.74) is 3.42. The van der Waals surface area contributed by atoms with Gasteiger partial charge in [0.1, 0.15) is 0 Å². The molecule has 0 aliphatic carbocycles. The Morgan fingerprint density at radius 3 is 2.31 bits per heavy atom. The van der Waals surface area contributed by atoms with E-state index in [1.54, 1.807) is 25.1 Å². The fourth-order valence-corrected chi connectivity index (χ4v) is 5.19. The Bertz CT molecular complexity index is 1030. The first kappa shape index (κ1) is 24.2. The number of morpholine rings is 1. The molecule has 1 amide bonds. The van der Waals surface area contributed by atoms with E-state index in [0.29, 0.717) is 28.9 Å². The smallest absolute Gasteiger partial charge is 0.255 e. The lowest BCUT2D eigenvalue weighted by atomic mass is 10.1. The third-order valence-corrected chi connectivity index (χ3v) is 6.91. The summed E-state index contributed by atoms with van der Waals surface area (Å²) in [5, 5.41) is 2.90. The Kier molecular flexibility index (Phi) is 7.92. The lowest BCUT2D eigenvalue weighted by Gasteiger charge is -2.35. The Labute approximate surface area is 191 Å². The molecule has 0 aromatic heterocycles. The van der Waals surface area contributed by atoms with Crippen molar-refractivity contribution in [2.24, 2.45) is 0 Å². The van der Waals surface area contributed by atoms with Crippen molar-refractivity contribution in [1.82, 2.24) is 4.90 Å². The molecule has 2 aromatic rings. The number of ether oxygens (including phenoxy) is 1. The number of carbonyl (C=O) groups excluding carboxylic acids is 1. The lowest BCUT2D eigenvalue weighted by Crippen LogP contribution is -2.44. The van der Waals surface area contributed by atoms with Gasteiger partial charge in [-0.15, -0.1) is 0 Å². The van der Waals surface area contributed by atoms with E-state index < -0.39 is 10.0 Å². The maximum absolute atomic E-state index is 12.8. The molecule has 32 heavy (non-hydrogen) atoms. The number of hydrogen-bond donors (Lipinski definition) is 2. The van der Waals surface area contributed by atoms with Crippen LogP contribution in [0.3, 0.4) is 0 Å². The Morgan fingerprint density at radius 2 is 1.69 bits per heavy atom. The summed E-state index contributed by atoms with van der Waals surface area (Å²) in [5.74, 6) is -0.181. The van der Waals surface area contributed by atoms with Crippen LogP contribution >= 0.6 is 0 Å². The summed E-state index contributed by atoms with van der Waals surface area (Å²) < 4.78 is 32.6. The van der Waals surface area contributed by atoms with Gasteiger partial charge >= 0.3 is 0 Å². The molecule has 0 spiro atoms. The topological polar surface area (TPSA) is 87.7 Å². The first-order chi connectivity index (χ1) is 15.2. The molecule has 2 aromatic carbocycles. The van der Waals surface area contributed by atoms with Gasteiger partial charge in [-0.1, -0.05) is 25.1 Å². The molecule has 1 aliphatic rings. The zero-order chi connectivity index (χ0) is 23.3. The minimum Gasteiger partial charge on any atom is -0.373 e. The molecule has 1 aliphatic heterocycles. The van der Waals surface area contributed by atoms with Crippen LogP contribution < -0.4 is 10.0 Å². The fourth-order valence-electron chi connectivity index (χ4n) is 4.00. The number of amides is 1. The predicted molar refractivity (Wildman–Crippen MR) is 129 cm³/mol. The second kappa shape index (κ2) is 10.5. The van der Waals surface area contributed by atoms with Crippen molar-refractivity contribution < 1.29 is 17.9 Å². The normalized spacial score (nSPS) is 19.5. The van der Waals surface area contributed by atoms with Crippen LogP contribution in [0.4, 0.5) is 11.4 Å². The molecule has 8 heteroatoms. The van der Waals surface area contributed by atoms with Crippen molar-refractivity contribution in [3.8, 4) is 0 Å². The van der Waals surface area contributed by atoms with Gasteiger partial charge in [-0.05, 0) is 62.6 Å². The molecule has 1 saturated heterocycles. The van der Waals surface area contributed by atoms with E-state index in [4.69, 9.17) is 4.74 Å². The predicted octanol–water partition coefficient (Wildman–Crippen LogP) is 4.01. The van der Waals surface area contributed by atoms with Crippen molar-refractivity contribution in [1.29, 1.82) is 0 Å². The number of nitrogens with one attached hydrogen (secondary N) is 2. The van der Waals surface area contributed by atoms with Crippen LogP contribution in [0.25, 0.3) is 0 Å². The summed E-state index contributed by atoms with van der Waals surface area (Å²) in [6, 6.07) is 12.8. The van der Waals surface area contributed by atoms with Gasteiger partial charge in [0.15, 0.2) is 0 Å². The van der Waals surface area contributed by atoms with Crippen LogP contribution in [-0.4, -0.2) is 50.3 Å². The largest absolute Gasteiger partial charge is 0.373 e. The van der Waals surface area contributed by atoms with E-state index in [1.165, 1.54) is 0 Å². The molecule has 2 atom stereocenters. The molecular weight excluding hydrogens is 426 g/mol. The highest BCUT2D eigenvalue weighted by Gasteiger charge is 2.22. The zero-order valence-corrected chi connectivity index (χ0v) is 20.0. The monoisotopic (exact) mass is 459 g/mol. The van der Waals surface area contributed by atoms with Gasteiger partial charge in [-0.3, -0.25) is 14.4 Å². The van der Waals surface area contributed by atoms with E-state index >= 15 is 0 Å². The summed E-state index contributed by atoms with van der Waals surface area (Å²) in [4.78, 5) is 15.1. The molecule has 2 unspecified atom stereocenters. The highest BCUT2D eigenvalue weighted by Crippen LogP contribution is 2.25. The number of hydrogen-bond acceptors (Lipinski definition) is 5. The van der Waals surface area contributed by atoms with Crippen molar-refractivity contribution in [2.45, 2.75) is 52.9 Å². The SMILES string of the molecule is CCCS(=O)(=O)Nc1cccc(NC(=O)c2ccc(CN3CC(C)OC(C)C3)cc2)c1C. The Morgan fingerprint density at radius 1 is 1.06 bits per heavy atom. The molecule has 0 saturated carbocycles. The lowest BCUT2D eigenvalue weighted by molar-refractivity contribution is -0.0704. The molecule has 7 nitrogen and oxygen atoms in total. The number of carbonyl (C=O) groups is 1. The number of anilines is 2. The van der Waals surface area contributed by atoms with Crippen molar-refractivity contribution >= 4 is 27.3 Å². The quantitative estimate of drug-likeness (QED) is 0.623. The highest BCUT2D eigenvalue weighted by atomic mass is 32.2. The van der Waals surface area contributed by atoms with Gasteiger partial charge in [0.25, 0.3) is 5.91 Å². The van der Waals surface area contributed by atoms with E-state index in [1.807, 2.05) is 31.2 Å². The molecule has 174 valence electrons. The van der Waals surface area contributed by atoms with Crippen LogP contribution in [-0.2, 0) is 21.3 Å². The van der Waals surface area contributed by atoms with E-state index in [-0.39, 0.29) is 23.9 Å². The van der Waals surface area contributed by atoms with Gasteiger partial charge in [0, 0.05) is 30.9 Å². The second-order valence-electron chi connectivity index (χ2n) is 8.50. The van der Waals surface area contributed by atoms with Gasteiger partial charge < -0.3 is 10.1 Å². The second-order valence-corrected chi connectivity index (χ2v) is 10.3. The molecule has 2 N–H and O–H groups in total. The van der Waals surface area contributed by atoms with Gasteiger partial charge in [0.2, 0.25) is 10.0 Å². The number of sulfonamides is 1. The van der Waals surface area contributed by atoms with Crippen LogP contribution in [0.15, 0.2) is 42.5 Å². The maximum Gasteiger partial charge on any atom is 0.255 e. The molecule has 1 heterocycles. The Balaban J connectivity index is 1.65. The van der Waals surface area contributed by atoms with Crippen LogP contribution in [0, 0.1) is 6.92 Å². The summed E-state index contributed by atoms with van der Waals surface area (Å²) >= 11 is 0. The molecule has 0 radical (unpaired) electrons.